The van der Waals surface area contributed by atoms with Crippen LogP contribution in [0.25, 0.3) is 0 Å². The van der Waals surface area contributed by atoms with E-state index < -0.39 is 11.2 Å². The van der Waals surface area contributed by atoms with Gasteiger partial charge in [0.1, 0.15) is 0 Å². The van der Waals surface area contributed by atoms with E-state index in [4.69, 9.17) is 15.6 Å². The Morgan fingerprint density at radius 3 is 2.87 bits per heavy atom. The summed E-state index contributed by atoms with van der Waals surface area (Å²) in [4.78, 5) is 10.1. The number of hydrogen-bond acceptors (Lipinski definition) is 5. The first-order valence-corrected chi connectivity index (χ1v) is 4.33. The highest BCUT2D eigenvalue weighted by Crippen LogP contribution is 2.22. The lowest BCUT2D eigenvalue weighted by Gasteiger charge is -2.07. The van der Waals surface area contributed by atoms with Gasteiger partial charge in [0.2, 0.25) is 0 Å². The van der Waals surface area contributed by atoms with Gasteiger partial charge in [-0.05, 0) is 19.1 Å². The summed E-state index contributed by atoms with van der Waals surface area (Å²) >= 11 is 0. The molecule has 1 atom stereocenters. The quantitative estimate of drug-likeness (QED) is 0.336. The van der Waals surface area contributed by atoms with Crippen LogP contribution < -0.4 is 5.73 Å². The fraction of sp³-hybridized carbons (Fsp3) is 0.333. The molecule has 6 heteroatoms. The second-order valence-corrected chi connectivity index (χ2v) is 3.06. The number of nitrogen functional groups attached to an aromatic ring is 1. The van der Waals surface area contributed by atoms with Crippen LogP contribution in [0.1, 0.15) is 12.5 Å². The Morgan fingerprint density at radius 1 is 1.67 bits per heavy atom. The van der Waals surface area contributed by atoms with Crippen molar-refractivity contribution in [1.29, 1.82) is 0 Å². The van der Waals surface area contributed by atoms with E-state index in [1.165, 1.54) is 25.1 Å². The van der Waals surface area contributed by atoms with Crippen LogP contribution in [0.2, 0.25) is 0 Å². The lowest BCUT2D eigenvalue weighted by Crippen LogP contribution is -2.07. The molecule has 82 valence electrons. The summed E-state index contributed by atoms with van der Waals surface area (Å²) in [6.45, 7) is 1.39. The van der Waals surface area contributed by atoms with Gasteiger partial charge in [-0.2, -0.15) is 0 Å². The average Bonchev–Trinajstić information content (AvgIpc) is 2.14. The predicted octanol–water partition coefficient (Wildman–Crippen LogP) is 1.03. The molecule has 6 nitrogen and oxygen atoms in total. The summed E-state index contributed by atoms with van der Waals surface area (Å²) in [6, 6.07) is 4.22. The predicted molar refractivity (Wildman–Crippen MR) is 54.0 cm³/mol. The van der Waals surface area contributed by atoms with Crippen molar-refractivity contribution in [3.63, 3.8) is 0 Å². The smallest absolute Gasteiger partial charge is 0.275 e. The molecule has 0 fully saturated rings. The van der Waals surface area contributed by atoms with Gasteiger partial charge in [-0.1, -0.05) is 0 Å². The summed E-state index contributed by atoms with van der Waals surface area (Å²) in [5.74, 6) is 0. The summed E-state index contributed by atoms with van der Waals surface area (Å²) in [6.07, 6.45) is -0.967. The number of nitrogens with zero attached hydrogens (tertiary/aromatic N) is 1. The molecule has 0 aliphatic heterocycles. The largest absolute Gasteiger partial charge is 0.399 e. The van der Waals surface area contributed by atoms with E-state index in [1.807, 2.05) is 0 Å². The molecule has 1 rings (SSSR count). The maximum atomic E-state index is 10.6. The minimum atomic E-state index is -0.967. The molecule has 3 N–H and O–H groups in total. The molecule has 15 heavy (non-hydrogen) atoms. The van der Waals surface area contributed by atoms with Gasteiger partial charge in [-0.3, -0.25) is 10.1 Å². The maximum Gasteiger partial charge on any atom is 0.275 e. The first kappa shape index (κ1) is 11.4. The highest BCUT2D eigenvalue weighted by Gasteiger charge is 2.14. The second kappa shape index (κ2) is 4.72. The van der Waals surface area contributed by atoms with Crippen molar-refractivity contribution in [2.75, 3.05) is 5.73 Å². The minimum absolute atomic E-state index is 0.0426. The zero-order valence-corrected chi connectivity index (χ0v) is 8.21. The molecule has 0 amide bonds. The molecule has 0 bridgehead atoms. The highest BCUT2D eigenvalue weighted by atomic mass is 16.6. The van der Waals surface area contributed by atoms with E-state index in [9.17, 15) is 10.1 Å². The normalized spacial score (nSPS) is 12.4. The lowest BCUT2D eigenvalue weighted by atomic mass is 10.1. The Kier molecular flexibility index (Phi) is 3.59. The summed E-state index contributed by atoms with van der Waals surface area (Å²) < 4.78 is 4.87. The number of nitro groups is 1. The number of aliphatic hydroxyl groups excluding tert-OH is 1. The van der Waals surface area contributed by atoms with Crippen LogP contribution in [0.3, 0.4) is 0 Å². The number of ether oxygens (including phenoxy) is 1. The van der Waals surface area contributed by atoms with Gasteiger partial charge >= 0.3 is 0 Å². The minimum Gasteiger partial charge on any atom is -0.399 e. The SMILES string of the molecule is CC(O)OCc1cc(N)ccc1[N+](=O)[O-]. The number of nitro benzene ring substituents is 1. The zero-order valence-electron chi connectivity index (χ0n) is 8.21. The topological polar surface area (TPSA) is 98.6 Å². The van der Waals surface area contributed by atoms with Gasteiger partial charge in [0.05, 0.1) is 17.1 Å². The number of hydrogen-bond donors (Lipinski definition) is 2. The molecular weight excluding hydrogens is 200 g/mol. The highest BCUT2D eigenvalue weighted by molar-refractivity contribution is 5.51. The van der Waals surface area contributed by atoms with E-state index in [1.54, 1.807) is 0 Å². The Hall–Kier alpha value is -1.66. The van der Waals surface area contributed by atoms with Crippen molar-refractivity contribution >= 4 is 11.4 Å². The van der Waals surface area contributed by atoms with Gasteiger partial charge in [0.15, 0.2) is 6.29 Å². The van der Waals surface area contributed by atoms with Crippen molar-refractivity contribution < 1.29 is 14.8 Å². The Morgan fingerprint density at radius 2 is 2.33 bits per heavy atom. The van der Waals surface area contributed by atoms with E-state index in [2.05, 4.69) is 0 Å². The third-order valence-corrected chi connectivity index (χ3v) is 1.78. The molecule has 1 aromatic rings. The van der Waals surface area contributed by atoms with Gasteiger partial charge in [-0.15, -0.1) is 0 Å². The van der Waals surface area contributed by atoms with Crippen molar-refractivity contribution in [3.05, 3.63) is 33.9 Å². The van der Waals surface area contributed by atoms with Crippen molar-refractivity contribution in [1.82, 2.24) is 0 Å². The molecule has 0 aliphatic carbocycles. The van der Waals surface area contributed by atoms with Crippen LogP contribution in [0.5, 0.6) is 0 Å². The molecule has 0 radical (unpaired) electrons. The summed E-state index contributed by atoms with van der Waals surface area (Å²) in [5, 5.41) is 19.5. The molecule has 1 aromatic carbocycles. The third kappa shape index (κ3) is 3.19. The molecule has 1 unspecified atom stereocenters. The maximum absolute atomic E-state index is 10.6. The van der Waals surface area contributed by atoms with Crippen LogP contribution in [0.4, 0.5) is 11.4 Å². The van der Waals surface area contributed by atoms with Crippen LogP contribution in [0.15, 0.2) is 18.2 Å². The van der Waals surface area contributed by atoms with Gasteiger partial charge in [0.25, 0.3) is 5.69 Å². The summed E-state index contributed by atoms with van der Waals surface area (Å²) in [7, 11) is 0. The van der Waals surface area contributed by atoms with Crippen LogP contribution in [0, 0.1) is 10.1 Å². The fourth-order valence-corrected chi connectivity index (χ4v) is 1.11. The molecule has 0 heterocycles. The number of benzene rings is 1. The first-order valence-electron chi connectivity index (χ1n) is 4.33. The van der Waals surface area contributed by atoms with E-state index in [-0.39, 0.29) is 12.3 Å². The van der Waals surface area contributed by atoms with E-state index in [0.29, 0.717) is 11.3 Å². The molecule has 0 saturated carbocycles. The monoisotopic (exact) mass is 212 g/mol. The molecule has 0 aliphatic rings. The Balaban J connectivity index is 2.92. The van der Waals surface area contributed by atoms with Gasteiger partial charge in [0, 0.05) is 11.8 Å². The average molecular weight is 212 g/mol. The Labute approximate surface area is 86.4 Å². The number of nitrogens with two attached hydrogens (primary N) is 1. The Bertz CT molecular complexity index is 365. The second-order valence-electron chi connectivity index (χ2n) is 3.06. The van der Waals surface area contributed by atoms with Gasteiger partial charge < -0.3 is 15.6 Å². The van der Waals surface area contributed by atoms with Crippen LogP contribution in [-0.4, -0.2) is 16.3 Å². The molecular formula is C9H12N2O4. The van der Waals surface area contributed by atoms with E-state index >= 15 is 0 Å². The zero-order chi connectivity index (χ0) is 11.4. The van der Waals surface area contributed by atoms with Crippen LogP contribution >= 0.6 is 0 Å². The number of rotatable bonds is 4. The number of aliphatic hydroxyl groups is 1. The lowest BCUT2D eigenvalue weighted by molar-refractivity contribution is -0.386. The van der Waals surface area contributed by atoms with Crippen molar-refractivity contribution in [2.45, 2.75) is 19.8 Å². The molecule has 0 saturated heterocycles. The number of anilines is 1. The molecule has 0 spiro atoms. The van der Waals surface area contributed by atoms with Crippen LogP contribution in [-0.2, 0) is 11.3 Å². The summed E-state index contributed by atoms with van der Waals surface area (Å²) in [5.41, 5.74) is 6.20. The van der Waals surface area contributed by atoms with Gasteiger partial charge in [-0.25, -0.2) is 0 Å². The first-order chi connectivity index (χ1) is 7.00. The van der Waals surface area contributed by atoms with Crippen molar-refractivity contribution in [3.8, 4) is 0 Å². The van der Waals surface area contributed by atoms with Crippen molar-refractivity contribution in [2.24, 2.45) is 0 Å². The fourth-order valence-electron chi connectivity index (χ4n) is 1.11. The standard InChI is InChI=1S/C9H12N2O4/c1-6(12)15-5-7-4-8(10)2-3-9(7)11(13)14/h2-4,6,12H,5,10H2,1H3. The third-order valence-electron chi connectivity index (χ3n) is 1.78. The molecule has 0 aromatic heterocycles. The van der Waals surface area contributed by atoms with E-state index in [0.717, 1.165) is 0 Å².